The summed E-state index contributed by atoms with van der Waals surface area (Å²) in [6, 6.07) is 0. The van der Waals surface area contributed by atoms with Crippen molar-refractivity contribution in [2.75, 3.05) is 5.33 Å². The second-order valence-corrected chi connectivity index (χ2v) is 6.28. The van der Waals surface area contributed by atoms with Gasteiger partial charge in [0, 0.05) is 5.41 Å². The van der Waals surface area contributed by atoms with Gasteiger partial charge in [-0.25, -0.2) is 0 Å². The van der Waals surface area contributed by atoms with E-state index >= 15 is 0 Å². The lowest BCUT2D eigenvalue weighted by Gasteiger charge is -2.38. The Balaban J connectivity index is 2.15. The van der Waals surface area contributed by atoms with E-state index < -0.39 is 0 Å². The standard InChI is InChI=1S/C12H19BrO2/c1-11(2)8-4-5-12(11,3)9(6-8)15-10(14)7-13/h8-9H,4-7H2,1-3H3. The van der Waals surface area contributed by atoms with Gasteiger partial charge in [0.05, 0.1) is 0 Å². The van der Waals surface area contributed by atoms with Crippen molar-refractivity contribution in [3.05, 3.63) is 0 Å². The van der Waals surface area contributed by atoms with E-state index in [0.29, 0.717) is 10.7 Å². The Morgan fingerprint density at radius 3 is 2.53 bits per heavy atom. The van der Waals surface area contributed by atoms with Crippen LogP contribution in [0.25, 0.3) is 0 Å². The zero-order chi connectivity index (χ0) is 11.3. The van der Waals surface area contributed by atoms with Crippen molar-refractivity contribution < 1.29 is 9.53 Å². The Bertz CT molecular complexity index is 287. The largest absolute Gasteiger partial charge is 0.461 e. The van der Waals surface area contributed by atoms with Crippen LogP contribution in [0.1, 0.15) is 40.0 Å². The van der Waals surface area contributed by atoms with Crippen LogP contribution in [-0.4, -0.2) is 17.4 Å². The first-order chi connectivity index (χ1) is 6.91. The zero-order valence-corrected chi connectivity index (χ0v) is 11.3. The highest BCUT2D eigenvalue weighted by Gasteiger charge is 2.62. The number of ether oxygens (including phenoxy) is 1. The summed E-state index contributed by atoms with van der Waals surface area (Å²) in [7, 11) is 0. The van der Waals surface area contributed by atoms with Gasteiger partial charge in [-0.05, 0) is 30.6 Å². The fourth-order valence-electron chi connectivity index (χ4n) is 3.50. The molecule has 2 bridgehead atoms. The monoisotopic (exact) mass is 274 g/mol. The molecule has 2 saturated carbocycles. The van der Waals surface area contributed by atoms with Crippen molar-refractivity contribution in [2.24, 2.45) is 16.7 Å². The molecule has 86 valence electrons. The fraction of sp³-hybridized carbons (Fsp3) is 0.917. The van der Waals surface area contributed by atoms with Gasteiger partial charge in [0.25, 0.3) is 0 Å². The average molecular weight is 275 g/mol. The average Bonchev–Trinajstić information content (AvgIpc) is 2.50. The van der Waals surface area contributed by atoms with Gasteiger partial charge in [0.15, 0.2) is 0 Å². The molecule has 0 saturated heterocycles. The van der Waals surface area contributed by atoms with Crippen LogP contribution in [0.5, 0.6) is 0 Å². The summed E-state index contributed by atoms with van der Waals surface area (Å²) in [4.78, 5) is 11.3. The van der Waals surface area contributed by atoms with Crippen LogP contribution >= 0.6 is 15.9 Å². The third-order valence-corrected chi connectivity index (χ3v) is 5.55. The van der Waals surface area contributed by atoms with Crippen molar-refractivity contribution in [1.29, 1.82) is 0 Å². The molecule has 3 atom stereocenters. The van der Waals surface area contributed by atoms with E-state index in [-0.39, 0.29) is 17.5 Å². The van der Waals surface area contributed by atoms with Crippen LogP contribution in [0.15, 0.2) is 0 Å². The molecule has 0 aromatic carbocycles. The van der Waals surface area contributed by atoms with Gasteiger partial charge in [0.1, 0.15) is 11.4 Å². The smallest absolute Gasteiger partial charge is 0.316 e. The maximum Gasteiger partial charge on any atom is 0.316 e. The predicted molar refractivity (Wildman–Crippen MR) is 62.9 cm³/mol. The molecule has 0 N–H and O–H groups in total. The molecule has 0 aromatic rings. The number of fused-ring (bicyclic) bond motifs is 2. The van der Waals surface area contributed by atoms with Crippen LogP contribution in [0, 0.1) is 16.7 Å². The summed E-state index contributed by atoms with van der Waals surface area (Å²) in [5.41, 5.74) is 0.514. The minimum atomic E-state index is -0.121. The van der Waals surface area contributed by atoms with E-state index in [9.17, 15) is 4.79 Å². The van der Waals surface area contributed by atoms with Gasteiger partial charge < -0.3 is 4.74 Å². The first-order valence-electron chi connectivity index (χ1n) is 5.67. The third kappa shape index (κ3) is 1.46. The molecule has 0 amide bonds. The molecule has 2 fully saturated rings. The molecule has 2 aliphatic carbocycles. The molecule has 0 heterocycles. The van der Waals surface area contributed by atoms with E-state index in [1.807, 2.05) is 0 Å². The van der Waals surface area contributed by atoms with Crippen molar-refractivity contribution in [3.8, 4) is 0 Å². The molecule has 2 aliphatic rings. The van der Waals surface area contributed by atoms with E-state index in [0.717, 1.165) is 12.3 Å². The summed E-state index contributed by atoms with van der Waals surface area (Å²) in [5, 5.41) is 0.310. The summed E-state index contributed by atoms with van der Waals surface area (Å²) < 4.78 is 5.55. The summed E-state index contributed by atoms with van der Waals surface area (Å²) >= 11 is 3.15. The van der Waals surface area contributed by atoms with Crippen LogP contribution in [0.2, 0.25) is 0 Å². The third-order valence-electron chi connectivity index (χ3n) is 5.10. The Morgan fingerprint density at radius 2 is 2.13 bits per heavy atom. The molecule has 15 heavy (non-hydrogen) atoms. The van der Waals surface area contributed by atoms with E-state index in [1.165, 1.54) is 12.8 Å². The molecule has 0 radical (unpaired) electrons. The minimum absolute atomic E-state index is 0.121. The van der Waals surface area contributed by atoms with Crippen molar-refractivity contribution in [3.63, 3.8) is 0 Å². The predicted octanol–water partition coefficient (Wildman–Crippen LogP) is 3.14. The van der Waals surface area contributed by atoms with Gasteiger partial charge in [0.2, 0.25) is 0 Å². The highest BCUT2D eigenvalue weighted by molar-refractivity contribution is 9.09. The number of rotatable bonds is 2. The molecule has 3 heteroatoms. The molecule has 2 nitrogen and oxygen atoms in total. The quantitative estimate of drug-likeness (QED) is 0.571. The number of carbonyl (C=O) groups excluding carboxylic acids is 1. The van der Waals surface area contributed by atoms with Crippen LogP contribution in [-0.2, 0) is 9.53 Å². The first-order valence-corrected chi connectivity index (χ1v) is 6.79. The van der Waals surface area contributed by atoms with Gasteiger partial charge in [-0.3, -0.25) is 4.79 Å². The minimum Gasteiger partial charge on any atom is -0.461 e. The number of alkyl halides is 1. The molecular weight excluding hydrogens is 256 g/mol. The fourth-order valence-corrected chi connectivity index (χ4v) is 3.63. The summed E-state index contributed by atoms with van der Waals surface area (Å²) in [5.74, 6) is 0.611. The van der Waals surface area contributed by atoms with Crippen molar-refractivity contribution >= 4 is 21.9 Å². The number of esters is 1. The van der Waals surface area contributed by atoms with Gasteiger partial charge in [-0.1, -0.05) is 36.7 Å². The topological polar surface area (TPSA) is 26.3 Å². The molecule has 0 spiro atoms. The lowest BCUT2D eigenvalue weighted by Crippen LogP contribution is -2.38. The second kappa shape index (κ2) is 3.47. The molecular formula is C12H19BrO2. The highest BCUT2D eigenvalue weighted by Crippen LogP contribution is 2.66. The van der Waals surface area contributed by atoms with E-state index in [2.05, 4.69) is 36.7 Å². The van der Waals surface area contributed by atoms with Gasteiger partial charge in [-0.2, -0.15) is 0 Å². The Morgan fingerprint density at radius 1 is 1.47 bits per heavy atom. The van der Waals surface area contributed by atoms with Crippen molar-refractivity contribution in [1.82, 2.24) is 0 Å². The maximum atomic E-state index is 11.3. The number of halogens is 1. The van der Waals surface area contributed by atoms with Gasteiger partial charge >= 0.3 is 5.97 Å². The lowest BCUT2D eigenvalue weighted by atomic mass is 9.70. The molecule has 2 rings (SSSR count). The number of hydrogen-bond donors (Lipinski definition) is 0. The molecule has 0 aromatic heterocycles. The van der Waals surface area contributed by atoms with E-state index in [1.54, 1.807) is 0 Å². The Kier molecular flexibility index (Phi) is 2.65. The maximum absolute atomic E-state index is 11.3. The lowest BCUT2D eigenvalue weighted by molar-refractivity contribution is -0.153. The molecule has 0 aliphatic heterocycles. The second-order valence-electron chi connectivity index (χ2n) is 5.72. The van der Waals surface area contributed by atoms with Gasteiger partial charge in [-0.15, -0.1) is 0 Å². The highest BCUT2D eigenvalue weighted by atomic mass is 79.9. The number of hydrogen-bond acceptors (Lipinski definition) is 2. The normalized spacial score (nSPS) is 41.9. The van der Waals surface area contributed by atoms with Crippen molar-refractivity contribution in [2.45, 2.75) is 46.1 Å². The van der Waals surface area contributed by atoms with Crippen LogP contribution < -0.4 is 0 Å². The number of carbonyl (C=O) groups is 1. The zero-order valence-electron chi connectivity index (χ0n) is 9.68. The van der Waals surface area contributed by atoms with Crippen LogP contribution in [0.3, 0.4) is 0 Å². The molecule has 3 unspecified atom stereocenters. The Hall–Kier alpha value is -0.0500. The summed E-state index contributed by atoms with van der Waals surface area (Å²) in [6.07, 6.45) is 3.69. The SMILES string of the molecule is CC1(C)C2CCC1(C)C(OC(=O)CBr)C2. The van der Waals surface area contributed by atoms with E-state index in [4.69, 9.17) is 4.74 Å². The summed E-state index contributed by atoms with van der Waals surface area (Å²) in [6.45, 7) is 6.94. The first kappa shape index (κ1) is 11.4. The van der Waals surface area contributed by atoms with Crippen LogP contribution in [0.4, 0.5) is 0 Å². The Labute approximate surface area is 99.9 Å².